The van der Waals surface area contributed by atoms with Crippen molar-refractivity contribution < 1.29 is 17.2 Å². The second-order valence-electron chi connectivity index (χ2n) is 5.04. The van der Waals surface area contributed by atoms with Gasteiger partial charge >= 0.3 is 0 Å². The van der Waals surface area contributed by atoms with Crippen LogP contribution >= 0.6 is 0 Å². The summed E-state index contributed by atoms with van der Waals surface area (Å²) in [5, 5.41) is 3.90. The fourth-order valence-corrected chi connectivity index (χ4v) is 3.06. The number of hydrogen-bond acceptors (Lipinski definition) is 4. The first-order chi connectivity index (χ1) is 10.7. The minimum atomic E-state index is -3.76. The lowest BCUT2D eigenvalue weighted by Gasteiger charge is -2.17. The van der Waals surface area contributed by atoms with Crippen molar-refractivity contribution in [1.82, 2.24) is 19.1 Å². The molecule has 0 radical (unpaired) electrons. The van der Waals surface area contributed by atoms with Crippen molar-refractivity contribution >= 4 is 15.6 Å². The molecule has 0 saturated carbocycles. The number of benzene rings is 1. The topological polar surface area (TPSA) is 68.1 Å². The average Bonchev–Trinajstić information content (AvgIpc) is 2.97. The molecule has 9 heteroatoms. The average molecular weight is 342 g/mol. The summed E-state index contributed by atoms with van der Waals surface area (Å²) in [6.45, 7) is 1.37. The number of rotatable bonds is 5. The van der Waals surface area contributed by atoms with E-state index in [0.29, 0.717) is 6.07 Å². The fraction of sp³-hybridized carbons (Fsp3) is 0.286. The number of aromatic nitrogens is 3. The maximum absolute atomic E-state index is 14.2. The van der Waals surface area contributed by atoms with Crippen LogP contribution in [0.3, 0.4) is 0 Å². The first-order valence-corrected chi connectivity index (χ1v) is 8.07. The highest BCUT2D eigenvalue weighted by Crippen LogP contribution is 2.27. The number of nitrogens with zero attached hydrogens (tertiary/aromatic N) is 4. The smallest absolute Gasteiger partial charge is 0.238 e. The third-order valence-electron chi connectivity index (χ3n) is 3.34. The van der Waals surface area contributed by atoms with Crippen molar-refractivity contribution in [1.29, 1.82) is 0 Å². The molecule has 23 heavy (non-hydrogen) atoms. The summed E-state index contributed by atoms with van der Waals surface area (Å²) in [4.78, 5) is 3.74. The molecule has 0 atom stereocenters. The summed E-state index contributed by atoms with van der Waals surface area (Å²) in [7, 11) is -1.000. The summed E-state index contributed by atoms with van der Waals surface area (Å²) in [6, 6.07) is 3.01. The second kappa shape index (κ2) is 6.55. The molecule has 0 N–H and O–H groups in total. The largest absolute Gasteiger partial charge is 0.248 e. The summed E-state index contributed by atoms with van der Waals surface area (Å²) in [5.74, 6) is -1.58. The van der Waals surface area contributed by atoms with Crippen LogP contribution in [0.25, 0.3) is 5.57 Å². The van der Waals surface area contributed by atoms with E-state index >= 15 is 0 Å². The van der Waals surface area contributed by atoms with Crippen LogP contribution in [0.5, 0.6) is 0 Å². The van der Waals surface area contributed by atoms with Gasteiger partial charge in [0.1, 0.15) is 24.3 Å². The highest BCUT2D eigenvalue weighted by molar-refractivity contribution is 7.93. The molecule has 0 bridgehead atoms. The molecule has 1 aromatic carbocycles. The van der Waals surface area contributed by atoms with Crippen molar-refractivity contribution in [2.75, 3.05) is 14.1 Å². The highest BCUT2D eigenvalue weighted by Gasteiger charge is 2.23. The van der Waals surface area contributed by atoms with E-state index in [1.54, 1.807) is 0 Å². The molecular formula is C14H16F2N4O2S. The SMILES string of the molecule is CC(=C(Cn1cncn1)c1ccc(F)cc1F)S(=O)(=O)N(C)C. The lowest BCUT2D eigenvalue weighted by molar-refractivity contribution is 0.527. The van der Waals surface area contributed by atoms with Crippen molar-refractivity contribution in [3.8, 4) is 0 Å². The van der Waals surface area contributed by atoms with Crippen LogP contribution in [-0.2, 0) is 16.6 Å². The molecule has 2 aromatic rings. The Bertz CT molecular complexity index is 830. The number of allylic oxidation sites excluding steroid dienone is 2. The Morgan fingerprint density at radius 3 is 2.52 bits per heavy atom. The van der Waals surface area contributed by atoms with Gasteiger partial charge in [0.2, 0.25) is 10.0 Å². The van der Waals surface area contributed by atoms with Crippen molar-refractivity contribution in [3.05, 3.63) is 53.0 Å². The first kappa shape index (κ1) is 17.2. The van der Waals surface area contributed by atoms with E-state index in [1.165, 1.54) is 44.4 Å². The minimum Gasteiger partial charge on any atom is -0.248 e. The Kier molecular flexibility index (Phi) is 4.90. The Morgan fingerprint density at radius 2 is 2.00 bits per heavy atom. The van der Waals surface area contributed by atoms with Crippen LogP contribution in [0.15, 0.2) is 35.8 Å². The zero-order valence-corrected chi connectivity index (χ0v) is 13.7. The van der Waals surface area contributed by atoms with Crippen LogP contribution in [-0.4, -0.2) is 41.6 Å². The molecule has 124 valence electrons. The van der Waals surface area contributed by atoms with Crippen LogP contribution < -0.4 is 0 Å². The van der Waals surface area contributed by atoms with E-state index in [4.69, 9.17) is 0 Å². The number of halogens is 2. The Hall–Kier alpha value is -2.13. The highest BCUT2D eigenvalue weighted by atomic mass is 32.2. The monoisotopic (exact) mass is 342 g/mol. The van der Waals surface area contributed by atoms with Gasteiger partial charge in [-0.2, -0.15) is 5.10 Å². The molecule has 1 aromatic heterocycles. The second-order valence-corrected chi connectivity index (χ2v) is 7.33. The Morgan fingerprint density at radius 1 is 1.30 bits per heavy atom. The molecule has 6 nitrogen and oxygen atoms in total. The van der Waals surface area contributed by atoms with Crippen molar-refractivity contribution in [2.45, 2.75) is 13.5 Å². The van der Waals surface area contributed by atoms with E-state index in [0.717, 1.165) is 10.4 Å². The predicted molar refractivity (Wildman–Crippen MR) is 81.6 cm³/mol. The molecule has 0 spiro atoms. The van der Waals surface area contributed by atoms with E-state index in [2.05, 4.69) is 10.1 Å². The van der Waals surface area contributed by atoms with Gasteiger partial charge in [0.15, 0.2) is 0 Å². The molecule has 0 saturated heterocycles. The van der Waals surface area contributed by atoms with Gasteiger partial charge in [-0.1, -0.05) is 0 Å². The van der Waals surface area contributed by atoms with E-state index in [9.17, 15) is 17.2 Å². The standard InChI is InChI=1S/C14H16F2N4O2S/c1-10(23(21,22)19(2)3)13(7-20-9-17-8-18-20)12-5-4-11(15)6-14(12)16/h4-6,8-9H,7H2,1-3H3. The predicted octanol–water partition coefficient (Wildman–Crippen LogP) is 1.88. The van der Waals surface area contributed by atoms with E-state index in [1.807, 2.05) is 0 Å². The molecule has 0 aliphatic heterocycles. The zero-order chi connectivity index (χ0) is 17.2. The van der Waals surface area contributed by atoms with Gasteiger partial charge in [-0.05, 0) is 24.6 Å². The van der Waals surface area contributed by atoms with Gasteiger partial charge in [-0.15, -0.1) is 0 Å². The third kappa shape index (κ3) is 3.62. The molecule has 0 amide bonds. The maximum atomic E-state index is 14.2. The van der Waals surface area contributed by atoms with Gasteiger partial charge in [-0.3, -0.25) is 0 Å². The first-order valence-electron chi connectivity index (χ1n) is 6.63. The quantitative estimate of drug-likeness (QED) is 0.832. The van der Waals surface area contributed by atoms with Gasteiger partial charge in [0, 0.05) is 25.7 Å². The molecule has 0 fully saturated rings. The minimum absolute atomic E-state index is 0.00447. The number of hydrogen-bond donors (Lipinski definition) is 0. The molecule has 0 unspecified atom stereocenters. The van der Waals surface area contributed by atoms with Crippen LogP contribution in [0.2, 0.25) is 0 Å². The summed E-state index contributed by atoms with van der Waals surface area (Å²) < 4.78 is 54.4. The van der Waals surface area contributed by atoms with Gasteiger partial charge in [0.25, 0.3) is 0 Å². The molecule has 1 heterocycles. The van der Waals surface area contributed by atoms with Gasteiger partial charge in [0.05, 0.1) is 11.4 Å². The summed E-state index contributed by atoms with van der Waals surface area (Å²) in [5.41, 5.74) is 0.187. The summed E-state index contributed by atoms with van der Waals surface area (Å²) in [6.07, 6.45) is 2.67. The maximum Gasteiger partial charge on any atom is 0.238 e. The van der Waals surface area contributed by atoms with E-state index < -0.39 is 21.7 Å². The third-order valence-corrected chi connectivity index (χ3v) is 5.32. The normalized spacial score (nSPS) is 13.3. The van der Waals surface area contributed by atoms with Crippen molar-refractivity contribution in [3.63, 3.8) is 0 Å². The summed E-state index contributed by atoms with van der Waals surface area (Å²) >= 11 is 0. The van der Waals surface area contributed by atoms with Gasteiger partial charge in [-0.25, -0.2) is 31.2 Å². The van der Waals surface area contributed by atoms with Crippen LogP contribution in [0.4, 0.5) is 8.78 Å². The molecule has 0 aliphatic rings. The molecular weight excluding hydrogens is 326 g/mol. The fourth-order valence-electron chi connectivity index (χ4n) is 2.03. The Labute approximate surface area is 133 Å². The van der Waals surface area contributed by atoms with E-state index in [-0.39, 0.29) is 22.6 Å². The molecule has 2 rings (SSSR count). The molecule has 0 aliphatic carbocycles. The number of sulfonamides is 1. The van der Waals surface area contributed by atoms with Crippen LogP contribution in [0, 0.1) is 11.6 Å². The van der Waals surface area contributed by atoms with Gasteiger partial charge < -0.3 is 0 Å². The lowest BCUT2D eigenvalue weighted by atomic mass is 10.0. The van der Waals surface area contributed by atoms with Crippen molar-refractivity contribution in [2.24, 2.45) is 0 Å². The van der Waals surface area contributed by atoms with Crippen LogP contribution in [0.1, 0.15) is 12.5 Å². The zero-order valence-electron chi connectivity index (χ0n) is 12.9. The lowest BCUT2D eigenvalue weighted by Crippen LogP contribution is -2.24. The Balaban J connectivity index is 2.65.